The van der Waals surface area contributed by atoms with Crippen LogP contribution in [0.15, 0.2) is 58.8 Å². The Kier molecular flexibility index (Phi) is 5.79. The Morgan fingerprint density at radius 3 is 2.60 bits per heavy atom. The fourth-order valence-electron chi connectivity index (χ4n) is 3.54. The number of urea groups is 1. The second-order valence-corrected chi connectivity index (χ2v) is 7.89. The minimum Gasteiger partial charge on any atom is -0.334 e. The molecule has 8 heteroatoms. The molecule has 2 amide bonds. The number of halogens is 2. The predicted octanol–water partition coefficient (Wildman–Crippen LogP) is 5.95. The molecule has 1 aliphatic heterocycles. The maximum absolute atomic E-state index is 12.8. The van der Waals surface area contributed by atoms with Crippen LogP contribution in [0.3, 0.4) is 0 Å². The van der Waals surface area contributed by atoms with Crippen LogP contribution >= 0.6 is 23.2 Å². The number of nitrogens with zero attached hydrogens (tertiary/aromatic N) is 3. The second kappa shape index (κ2) is 8.50. The molecule has 0 bridgehead atoms. The number of nitrogens with one attached hydrogen (secondary N) is 1. The van der Waals surface area contributed by atoms with Gasteiger partial charge in [0.15, 0.2) is 0 Å². The fraction of sp³-hybridized carbons (Fsp3) is 0.227. The number of amides is 2. The molecule has 1 atom stereocenters. The first-order chi connectivity index (χ1) is 14.5. The number of carbonyl (C=O) groups is 1. The maximum atomic E-state index is 12.8. The molecule has 0 aliphatic carbocycles. The molecular formula is C22H20Cl2N4O2. The van der Waals surface area contributed by atoms with Gasteiger partial charge in [-0.1, -0.05) is 47.4 Å². The molecule has 30 heavy (non-hydrogen) atoms. The van der Waals surface area contributed by atoms with Gasteiger partial charge in [0.25, 0.3) is 5.89 Å². The molecule has 154 valence electrons. The molecule has 1 aliphatic rings. The van der Waals surface area contributed by atoms with E-state index in [2.05, 4.69) is 15.5 Å². The molecule has 4 rings (SSSR count). The highest BCUT2D eigenvalue weighted by atomic mass is 35.5. The van der Waals surface area contributed by atoms with E-state index in [4.69, 9.17) is 27.7 Å². The number of benzene rings is 2. The van der Waals surface area contributed by atoms with Gasteiger partial charge in [0.2, 0.25) is 5.82 Å². The van der Waals surface area contributed by atoms with Crippen molar-refractivity contribution < 1.29 is 9.32 Å². The Morgan fingerprint density at radius 2 is 1.90 bits per heavy atom. The molecule has 6 nitrogen and oxygen atoms in total. The van der Waals surface area contributed by atoms with Gasteiger partial charge in [-0.2, -0.15) is 4.98 Å². The highest BCUT2D eigenvalue weighted by Gasteiger charge is 2.35. The smallest absolute Gasteiger partial charge is 0.322 e. The number of allylic oxidation sites excluding steroid dienone is 1. The minimum atomic E-state index is -0.456. The third kappa shape index (κ3) is 3.93. The molecule has 0 spiro atoms. The van der Waals surface area contributed by atoms with E-state index in [1.165, 1.54) is 0 Å². The van der Waals surface area contributed by atoms with Crippen LogP contribution in [-0.4, -0.2) is 27.6 Å². The van der Waals surface area contributed by atoms with Gasteiger partial charge in [-0.3, -0.25) is 4.90 Å². The summed E-state index contributed by atoms with van der Waals surface area (Å²) in [4.78, 5) is 19.1. The molecule has 0 fully saturated rings. The van der Waals surface area contributed by atoms with Crippen molar-refractivity contribution in [2.24, 2.45) is 0 Å². The molecule has 0 saturated heterocycles. The van der Waals surface area contributed by atoms with Crippen LogP contribution in [0.5, 0.6) is 0 Å². The minimum absolute atomic E-state index is 0.166. The number of rotatable bonds is 5. The first-order valence-corrected chi connectivity index (χ1v) is 10.4. The van der Waals surface area contributed by atoms with Gasteiger partial charge in [0, 0.05) is 27.9 Å². The van der Waals surface area contributed by atoms with E-state index in [0.29, 0.717) is 28.3 Å². The van der Waals surface area contributed by atoms with Gasteiger partial charge >= 0.3 is 6.03 Å². The zero-order valence-electron chi connectivity index (χ0n) is 16.5. The lowest BCUT2D eigenvalue weighted by molar-refractivity contribution is 0.205. The lowest BCUT2D eigenvalue weighted by Gasteiger charge is -2.35. The Balaban J connectivity index is 1.81. The SMILES string of the molecule is CCCN1C(=O)NC(c2cccc(Cl)c2)C(c2nc(-c3ccc(Cl)cc3)no2)=C1C. The van der Waals surface area contributed by atoms with Gasteiger partial charge in [-0.05, 0) is 55.3 Å². The van der Waals surface area contributed by atoms with Crippen LogP contribution in [0.1, 0.15) is 37.8 Å². The van der Waals surface area contributed by atoms with Crippen LogP contribution < -0.4 is 5.32 Å². The first kappa shape index (κ1) is 20.4. The van der Waals surface area contributed by atoms with Crippen molar-refractivity contribution in [1.82, 2.24) is 20.4 Å². The molecule has 1 unspecified atom stereocenters. The van der Waals surface area contributed by atoms with E-state index < -0.39 is 6.04 Å². The monoisotopic (exact) mass is 442 g/mol. The zero-order chi connectivity index (χ0) is 21.3. The molecule has 0 radical (unpaired) electrons. The molecule has 1 N–H and O–H groups in total. The zero-order valence-corrected chi connectivity index (χ0v) is 18.0. The van der Waals surface area contributed by atoms with Gasteiger partial charge in [0.1, 0.15) is 0 Å². The van der Waals surface area contributed by atoms with E-state index in [0.717, 1.165) is 28.8 Å². The highest BCUT2D eigenvalue weighted by Crippen LogP contribution is 2.38. The molecule has 3 aromatic rings. The van der Waals surface area contributed by atoms with Crippen LogP contribution in [-0.2, 0) is 0 Å². The van der Waals surface area contributed by atoms with Crippen molar-refractivity contribution in [2.75, 3.05) is 6.54 Å². The Hall–Kier alpha value is -2.83. The average molecular weight is 443 g/mol. The van der Waals surface area contributed by atoms with Gasteiger partial charge in [0.05, 0.1) is 11.6 Å². The third-order valence-corrected chi connectivity index (χ3v) is 5.47. The summed E-state index contributed by atoms with van der Waals surface area (Å²) in [6.07, 6.45) is 0.819. The van der Waals surface area contributed by atoms with Crippen LogP contribution in [0.4, 0.5) is 4.79 Å². The van der Waals surface area contributed by atoms with Crippen molar-refractivity contribution >= 4 is 34.8 Å². The summed E-state index contributed by atoms with van der Waals surface area (Å²) in [6.45, 7) is 4.50. The number of aromatic nitrogens is 2. The van der Waals surface area contributed by atoms with E-state index >= 15 is 0 Å². The second-order valence-electron chi connectivity index (χ2n) is 7.02. The van der Waals surface area contributed by atoms with Crippen LogP contribution in [0.2, 0.25) is 10.0 Å². The maximum Gasteiger partial charge on any atom is 0.322 e. The van der Waals surface area contributed by atoms with Crippen molar-refractivity contribution in [3.63, 3.8) is 0 Å². The highest BCUT2D eigenvalue weighted by molar-refractivity contribution is 6.30. The molecule has 1 aromatic heterocycles. The summed E-state index contributed by atoms with van der Waals surface area (Å²) in [5, 5.41) is 8.41. The topological polar surface area (TPSA) is 71.3 Å². The number of hydrogen-bond acceptors (Lipinski definition) is 4. The molecule has 2 heterocycles. The molecular weight excluding hydrogens is 423 g/mol. The molecule has 0 saturated carbocycles. The van der Waals surface area contributed by atoms with Crippen LogP contribution in [0, 0.1) is 0 Å². The Morgan fingerprint density at radius 1 is 1.13 bits per heavy atom. The van der Waals surface area contributed by atoms with Crippen molar-refractivity contribution in [3.05, 3.63) is 75.7 Å². The summed E-state index contributed by atoms with van der Waals surface area (Å²) in [7, 11) is 0. The number of hydrogen-bond donors (Lipinski definition) is 1. The normalized spacial score (nSPS) is 16.7. The first-order valence-electron chi connectivity index (χ1n) is 9.62. The van der Waals surface area contributed by atoms with Gasteiger partial charge < -0.3 is 9.84 Å². The van der Waals surface area contributed by atoms with E-state index in [1.807, 2.05) is 44.2 Å². The van der Waals surface area contributed by atoms with Gasteiger partial charge in [-0.15, -0.1) is 0 Å². The summed E-state index contributed by atoms with van der Waals surface area (Å²) in [6, 6.07) is 14.0. The largest absolute Gasteiger partial charge is 0.334 e. The molecule has 2 aromatic carbocycles. The summed E-state index contributed by atoms with van der Waals surface area (Å²) >= 11 is 12.2. The average Bonchev–Trinajstić information content (AvgIpc) is 3.21. The van der Waals surface area contributed by atoms with E-state index in [1.54, 1.807) is 23.1 Å². The van der Waals surface area contributed by atoms with Crippen LogP contribution in [0.25, 0.3) is 17.0 Å². The fourth-order valence-corrected chi connectivity index (χ4v) is 3.86. The Labute approximate surface area is 184 Å². The lowest BCUT2D eigenvalue weighted by Crippen LogP contribution is -2.46. The standard InChI is InChI=1S/C22H20Cl2N4O2/c1-3-11-28-13(2)18(19(25-22(28)29)15-5-4-6-17(24)12-15)21-26-20(27-30-21)14-7-9-16(23)10-8-14/h4-10,12,19H,3,11H2,1-2H3,(H,25,29). The third-order valence-electron chi connectivity index (χ3n) is 4.98. The summed E-state index contributed by atoms with van der Waals surface area (Å²) < 4.78 is 5.64. The van der Waals surface area contributed by atoms with Crippen molar-refractivity contribution in [2.45, 2.75) is 26.3 Å². The van der Waals surface area contributed by atoms with Crippen molar-refractivity contribution in [1.29, 1.82) is 0 Å². The van der Waals surface area contributed by atoms with Gasteiger partial charge in [-0.25, -0.2) is 4.79 Å². The quantitative estimate of drug-likeness (QED) is 0.529. The van der Waals surface area contributed by atoms with E-state index in [-0.39, 0.29) is 6.03 Å². The van der Waals surface area contributed by atoms with E-state index in [9.17, 15) is 4.79 Å². The summed E-state index contributed by atoms with van der Waals surface area (Å²) in [5.74, 6) is 0.800. The lowest BCUT2D eigenvalue weighted by atomic mass is 9.94. The Bertz CT molecular complexity index is 1110. The van der Waals surface area contributed by atoms with Crippen molar-refractivity contribution in [3.8, 4) is 11.4 Å². The number of carbonyl (C=O) groups excluding carboxylic acids is 1. The summed E-state index contributed by atoms with van der Waals surface area (Å²) in [5.41, 5.74) is 3.15. The predicted molar refractivity (Wildman–Crippen MR) is 117 cm³/mol.